The van der Waals surface area contributed by atoms with Gasteiger partial charge >= 0.3 is 0 Å². The molecule has 4 rings (SSSR count). The zero-order chi connectivity index (χ0) is 17.9. The molecular formula is C21H17NO4. The summed E-state index contributed by atoms with van der Waals surface area (Å²) >= 11 is 0. The SMILES string of the molecule is COc1ccc(N2C(=O)C=C(c3ccccc3)OC2c2ccco2)cc1. The van der Waals surface area contributed by atoms with Gasteiger partial charge in [-0.3, -0.25) is 9.69 Å². The van der Waals surface area contributed by atoms with Gasteiger partial charge < -0.3 is 13.9 Å². The summed E-state index contributed by atoms with van der Waals surface area (Å²) in [7, 11) is 1.60. The minimum atomic E-state index is -0.689. The summed E-state index contributed by atoms with van der Waals surface area (Å²) in [5.41, 5.74) is 1.53. The lowest BCUT2D eigenvalue weighted by atomic mass is 10.1. The van der Waals surface area contributed by atoms with Crippen LogP contribution in [0.3, 0.4) is 0 Å². The molecule has 0 bridgehead atoms. The van der Waals surface area contributed by atoms with E-state index in [1.165, 1.54) is 6.08 Å². The molecular weight excluding hydrogens is 330 g/mol. The number of carbonyl (C=O) groups excluding carboxylic acids is 1. The largest absolute Gasteiger partial charge is 0.497 e. The molecule has 3 aromatic rings. The second-order valence-electron chi connectivity index (χ2n) is 5.77. The second kappa shape index (κ2) is 6.80. The molecule has 0 saturated carbocycles. The van der Waals surface area contributed by atoms with Crippen LogP contribution in [0.15, 0.2) is 83.5 Å². The van der Waals surface area contributed by atoms with Crippen molar-refractivity contribution < 1.29 is 18.7 Å². The van der Waals surface area contributed by atoms with Crippen molar-refractivity contribution in [2.24, 2.45) is 0 Å². The van der Waals surface area contributed by atoms with Gasteiger partial charge in [0, 0.05) is 17.3 Å². The average molecular weight is 347 g/mol. The fourth-order valence-corrected chi connectivity index (χ4v) is 2.88. The Hall–Kier alpha value is -3.47. The number of rotatable bonds is 4. The zero-order valence-corrected chi connectivity index (χ0v) is 14.2. The first-order valence-corrected chi connectivity index (χ1v) is 8.20. The van der Waals surface area contributed by atoms with Gasteiger partial charge in [-0.2, -0.15) is 0 Å². The van der Waals surface area contributed by atoms with E-state index in [1.54, 1.807) is 42.5 Å². The summed E-state index contributed by atoms with van der Waals surface area (Å²) in [4.78, 5) is 14.5. The van der Waals surface area contributed by atoms with Crippen LogP contribution >= 0.6 is 0 Å². The number of anilines is 1. The van der Waals surface area contributed by atoms with Gasteiger partial charge in [0.05, 0.1) is 13.4 Å². The molecule has 0 fully saturated rings. The van der Waals surface area contributed by atoms with Crippen molar-refractivity contribution in [2.75, 3.05) is 12.0 Å². The highest BCUT2D eigenvalue weighted by Crippen LogP contribution is 2.37. The van der Waals surface area contributed by atoms with Crippen LogP contribution in [0.2, 0.25) is 0 Å². The molecule has 130 valence electrons. The Kier molecular flexibility index (Phi) is 4.19. The van der Waals surface area contributed by atoms with Crippen molar-refractivity contribution in [3.8, 4) is 5.75 Å². The molecule has 1 aromatic heterocycles. The number of hydrogen-bond acceptors (Lipinski definition) is 4. The lowest BCUT2D eigenvalue weighted by Crippen LogP contribution is -2.38. The first-order valence-electron chi connectivity index (χ1n) is 8.20. The molecule has 2 heterocycles. The minimum absolute atomic E-state index is 0.179. The predicted octanol–water partition coefficient (Wildman–Crippen LogP) is 4.39. The van der Waals surface area contributed by atoms with E-state index in [1.807, 2.05) is 42.5 Å². The van der Waals surface area contributed by atoms with Gasteiger partial charge in [-0.15, -0.1) is 0 Å². The van der Waals surface area contributed by atoms with Gasteiger partial charge in [-0.05, 0) is 36.4 Å². The first-order chi connectivity index (χ1) is 12.8. The Labute approximate surface area is 151 Å². The normalized spacial score (nSPS) is 16.8. The fourth-order valence-electron chi connectivity index (χ4n) is 2.88. The smallest absolute Gasteiger partial charge is 0.258 e. The van der Waals surface area contributed by atoms with E-state index in [0.717, 1.165) is 5.56 Å². The Morgan fingerprint density at radius 1 is 0.962 bits per heavy atom. The van der Waals surface area contributed by atoms with Crippen molar-refractivity contribution in [3.05, 3.63) is 90.4 Å². The highest BCUT2D eigenvalue weighted by atomic mass is 16.5. The molecule has 0 aliphatic carbocycles. The Morgan fingerprint density at radius 3 is 2.38 bits per heavy atom. The van der Waals surface area contributed by atoms with Gasteiger partial charge in [-0.25, -0.2) is 0 Å². The number of methoxy groups -OCH3 is 1. The lowest BCUT2D eigenvalue weighted by Gasteiger charge is -2.34. The van der Waals surface area contributed by atoms with Gasteiger partial charge in [-0.1, -0.05) is 30.3 Å². The summed E-state index contributed by atoms with van der Waals surface area (Å²) in [5.74, 6) is 1.60. The number of nitrogens with zero attached hydrogens (tertiary/aromatic N) is 1. The topological polar surface area (TPSA) is 51.9 Å². The molecule has 1 amide bonds. The summed E-state index contributed by atoms with van der Waals surface area (Å²) < 4.78 is 16.9. The molecule has 1 aliphatic rings. The first kappa shape index (κ1) is 16.0. The van der Waals surface area contributed by atoms with Gasteiger partial charge in [0.15, 0.2) is 5.76 Å². The molecule has 1 unspecified atom stereocenters. The number of carbonyl (C=O) groups is 1. The number of hydrogen-bond donors (Lipinski definition) is 0. The van der Waals surface area contributed by atoms with Crippen LogP contribution < -0.4 is 9.64 Å². The van der Waals surface area contributed by atoms with Crippen molar-refractivity contribution in [1.82, 2.24) is 0 Å². The quantitative estimate of drug-likeness (QED) is 0.702. The van der Waals surface area contributed by atoms with E-state index < -0.39 is 6.23 Å². The standard InChI is InChI=1S/C21H17NO4/c1-24-17-11-9-16(10-12-17)22-20(23)14-19(15-6-3-2-4-7-15)26-21(22)18-8-5-13-25-18/h2-14,21H,1H3. The summed E-state index contributed by atoms with van der Waals surface area (Å²) in [6, 6.07) is 20.3. The average Bonchev–Trinajstić information content (AvgIpc) is 3.23. The molecule has 1 atom stereocenters. The molecule has 5 nitrogen and oxygen atoms in total. The molecule has 2 aromatic carbocycles. The van der Waals surface area contributed by atoms with Crippen LogP contribution in [0.1, 0.15) is 17.6 Å². The van der Waals surface area contributed by atoms with Crippen LogP contribution in [0.4, 0.5) is 5.69 Å². The van der Waals surface area contributed by atoms with Crippen LogP contribution in [0.5, 0.6) is 5.75 Å². The molecule has 0 saturated heterocycles. The van der Waals surface area contributed by atoms with E-state index >= 15 is 0 Å². The van der Waals surface area contributed by atoms with Crippen LogP contribution in [-0.2, 0) is 9.53 Å². The zero-order valence-electron chi connectivity index (χ0n) is 14.2. The summed E-state index contributed by atoms with van der Waals surface area (Å²) in [6.45, 7) is 0. The monoisotopic (exact) mass is 347 g/mol. The predicted molar refractivity (Wildman–Crippen MR) is 97.4 cm³/mol. The highest BCUT2D eigenvalue weighted by Gasteiger charge is 2.34. The molecule has 1 aliphatic heterocycles. The molecule has 5 heteroatoms. The van der Waals surface area contributed by atoms with Crippen molar-refractivity contribution in [3.63, 3.8) is 0 Å². The summed E-state index contributed by atoms with van der Waals surface area (Å²) in [5, 5.41) is 0. The Morgan fingerprint density at radius 2 is 1.73 bits per heavy atom. The number of benzene rings is 2. The molecule has 0 radical (unpaired) electrons. The molecule has 0 spiro atoms. The molecule has 26 heavy (non-hydrogen) atoms. The maximum atomic E-state index is 12.9. The Balaban J connectivity index is 1.76. The highest BCUT2D eigenvalue weighted by molar-refractivity contribution is 6.06. The van der Waals surface area contributed by atoms with Crippen LogP contribution in [0.25, 0.3) is 5.76 Å². The van der Waals surface area contributed by atoms with E-state index in [4.69, 9.17) is 13.9 Å². The maximum absolute atomic E-state index is 12.9. The summed E-state index contributed by atoms with van der Waals surface area (Å²) in [6.07, 6.45) is 2.38. The van der Waals surface area contributed by atoms with E-state index in [9.17, 15) is 4.79 Å². The van der Waals surface area contributed by atoms with Gasteiger partial charge in [0.2, 0.25) is 6.23 Å². The van der Waals surface area contributed by atoms with E-state index in [-0.39, 0.29) is 5.91 Å². The number of amides is 1. The second-order valence-corrected chi connectivity index (χ2v) is 5.77. The maximum Gasteiger partial charge on any atom is 0.258 e. The fraction of sp³-hybridized carbons (Fsp3) is 0.0952. The number of ether oxygens (including phenoxy) is 2. The minimum Gasteiger partial charge on any atom is -0.497 e. The van der Waals surface area contributed by atoms with Crippen molar-refractivity contribution >= 4 is 17.4 Å². The third kappa shape index (κ3) is 2.95. The van der Waals surface area contributed by atoms with E-state index in [0.29, 0.717) is 23.0 Å². The molecule has 0 N–H and O–H groups in total. The van der Waals surface area contributed by atoms with Crippen molar-refractivity contribution in [2.45, 2.75) is 6.23 Å². The lowest BCUT2D eigenvalue weighted by molar-refractivity contribution is -0.117. The van der Waals surface area contributed by atoms with E-state index in [2.05, 4.69) is 0 Å². The van der Waals surface area contributed by atoms with Gasteiger partial charge in [0.1, 0.15) is 11.5 Å². The third-order valence-corrected chi connectivity index (χ3v) is 4.16. The van der Waals surface area contributed by atoms with Crippen molar-refractivity contribution in [1.29, 1.82) is 0 Å². The van der Waals surface area contributed by atoms with Crippen LogP contribution in [0, 0.1) is 0 Å². The number of furan rings is 1. The van der Waals surface area contributed by atoms with Gasteiger partial charge in [0.25, 0.3) is 5.91 Å². The Bertz CT molecular complexity index is 914. The third-order valence-electron chi connectivity index (χ3n) is 4.16. The van der Waals surface area contributed by atoms with Crippen LogP contribution in [-0.4, -0.2) is 13.0 Å².